The van der Waals surface area contributed by atoms with Gasteiger partial charge in [-0.15, -0.1) is 0 Å². The van der Waals surface area contributed by atoms with Crippen LogP contribution in [-0.2, 0) is 4.79 Å². The monoisotopic (exact) mass is 570 g/mol. The zero-order chi connectivity index (χ0) is 29.4. The number of hydrogen-bond acceptors (Lipinski definition) is 5. The number of carbonyl (C=O) groups excluding carboxylic acids is 2. The van der Waals surface area contributed by atoms with Gasteiger partial charge in [-0.1, -0.05) is 54.1 Å². The number of aromatic nitrogens is 2. The molecule has 0 fully saturated rings. The van der Waals surface area contributed by atoms with E-state index in [9.17, 15) is 14.4 Å². The van der Waals surface area contributed by atoms with Gasteiger partial charge in [-0.3, -0.25) is 19.5 Å². The highest BCUT2D eigenvalue weighted by atomic mass is 35.5. The lowest BCUT2D eigenvalue weighted by molar-refractivity contribution is -0.117. The molecule has 3 N–H and O–H groups in total. The number of nitrogens with zero attached hydrogens (tertiary/aromatic N) is 3. The van der Waals surface area contributed by atoms with E-state index < -0.39 is 11.8 Å². The average molecular weight is 571 g/mol. The van der Waals surface area contributed by atoms with Gasteiger partial charge in [0.2, 0.25) is 0 Å². The molecule has 0 bridgehead atoms. The topological polar surface area (TPSA) is 112 Å². The minimum absolute atomic E-state index is 0.0462. The van der Waals surface area contributed by atoms with E-state index >= 15 is 0 Å². The van der Waals surface area contributed by atoms with Crippen LogP contribution >= 0.6 is 11.6 Å². The van der Waals surface area contributed by atoms with Crippen molar-refractivity contribution in [3.63, 3.8) is 0 Å². The minimum Gasteiger partial charge on any atom is -0.372 e. The molecule has 1 heterocycles. The van der Waals surface area contributed by atoms with Crippen molar-refractivity contribution in [1.29, 1.82) is 0 Å². The molecule has 4 aromatic rings. The molecule has 10 heteroatoms. The predicted octanol–water partition coefficient (Wildman–Crippen LogP) is 4.89. The van der Waals surface area contributed by atoms with Crippen LogP contribution in [0.1, 0.15) is 41.0 Å². The van der Waals surface area contributed by atoms with Crippen molar-refractivity contribution in [3.8, 4) is 5.69 Å². The van der Waals surface area contributed by atoms with Gasteiger partial charge < -0.3 is 10.2 Å². The second kappa shape index (κ2) is 13.5. The number of halogens is 1. The standard InChI is InChI=1S/C31H31ClN6O3/c1-4-37(5-2)23-17-15-22(16-18-23)19-28(34-29(39)25-13-9-10-14-27(25)32)30(40)35-33-20-26-21(3)36-38(31(26)41)24-11-7-6-8-12-24/h6-20,36H,4-5H2,1-3H3,(H,34,39)(H,35,40). The number of rotatable bonds is 10. The summed E-state index contributed by atoms with van der Waals surface area (Å²) in [5.41, 5.74) is 5.55. The summed E-state index contributed by atoms with van der Waals surface area (Å²) >= 11 is 6.20. The maximum absolute atomic E-state index is 13.2. The normalized spacial score (nSPS) is 11.5. The molecule has 4 rings (SSSR count). The van der Waals surface area contributed by atoms with Gasteiger partial charge in [-0.05, 0) is 68.8 Å². The quantitative estimate of drug-likeness (QED) is 0.143. The molecular formula is C31H31ClN6O3. The summed E-state index contributed by atoms with van der Waals surface area (Å²) in [6, 6.07) is 23.3. The van der Waals surface area contributed by atoms with E-state index in [1.165, 1.54) is 10.9 Å². The number of hydrazone groups is 1. The summed E-state index contributed by atoms with van der Waals surface area (Å²) in [6.07, 6.45) is 2.83. The van der Waals surface area contributed by atoms with Crippen LogP contribution in [0.3, 0.4) is 0 Å². The van der Waals surface area contributed by atoms with Crippen LogP contribution in [0.15, 0.2) is 94.5 Å². The summed E-state index contributed by atoms with van der Waals surface area (Å²) in [4.78, 5) is 41.4. The summed E-state index contributed by atoms with van der Waals surface area (Å²) in [7, 11) is 0. The van der Waals surface area contributed by atoms with Crippen LogP contribution in [0.4, 0.5) is 5.69 Å². The molecule has 2 amide bonds. The van der Waals surface area contributed by atoms with Gasteiger partial charge in [-0.2, -0.15) is 5.10 Å². The fourth-order valence-corrected chi connectivity index (χ4v) is 4.44. The zero-order valence-corrected chi connectivity index (χ0v) is 23.8. The molecule has 0 radical (unpaired) electrons. The van der Waals surface area contributed by atoms with Crippen molar-refractivity contribution < 1.29 is 9.59 Å². The molecule has 3 aromatic carbocycles. The number of hydrogen-bond donors (Lipinski definition) is 3. The third kappa shape index (κ3) is 7.01. The van der Waals surface area contributed by atoms with Crippen molar-refractivity contribution in [3.05, 3.63) is 122 Å². The van der Waals surface area contributed by atoms with E-state index in [4.69, 9.17) is 11.6 Å². The van der Waals surface area contributed by atoms with Gasteiger partial charge >= 0.3 is 0 Å². The summed E-state index contributed by atoms with van der Waals surface area (Å²) in [5.74, 6) is -1.22. The number of benzene rings is 3. The molecule has 0 saturated heterocycles. The lowest BCUT2D eigenvalue weighted by atomic mass is 10.1. The van der Waals surface area contributed by atoms with Gasteiger partial charge in [0.15, 0.2) is 0 Å². The number of amides is 2. The van der Waals surface area contributed by atoms with Crippen LogP contribution in [0, 0.1) is 6.92 Å². The highest BCUT2D eigenvalue weighted by molar-refractivity contribution is 6.34. The highest BCUT2D eigenvalue weighted by Crippen LogP contribution is 2.18. The first kappa shape index (κ1) is 29.1. The van der Waals surface area contributed by atoms with Crippen molar-refractivity contribution in [2.45, 2.75) is 20.8 Å². The number of H-pyrrole nitrogens is 1. The molecular weight excluding hydrogens is 540 g/mol. The van der Waals surface area contributed by atoms with Crippen molar-refractivity contribution in [1.82, 2.24) is 20.5 Å². The van der Waals surface area contributed by atoms with E-state index in [1.54, 1.807) is 49.4 Å². The maximum Gasteiger partial charge on any atom is 0.287 e. The van der Waals surface area contributed by atoms with Crippen LogP contribution < -0.4 is 21.2 Å². The molecule has 210 valence electrons. The molecule has 0 unspecified atom stereocenters. The average Bonchev–Trinajstić information content (AvgIpc) is 3.27. The Labute approximate surface area is 243 Å². The number of carbonyl (C=O) groups is 2. The van der Waals surface area contributed by atoms with Gasteiger partial charge in [0, 0.05) is 24.5 Å². The largest absolute Gasteiger partial charge is 0.372 e. The lowest BCUT2D eigenvalue weighted by Crippen LogP contribution is -2.33. The second-order valence-corrected chi connectivity index (χ2v) is 9.49. The van der Waals surface area contributed by atoms with Crippen LogP contribution in [0.2, 0.25) is 5.02 Å². The van der Waals surface area contributed by atoms with E-state index in [0.717, 1.165) is 18.8 Å². The summed E-state index contributed by atoms with van der Waals surface area (Å²) in [6.45, 7) is 7.62. The summed E-state index contributed by atoms with van der Waals surface area (Å²) in [5, 5.41) is 9.92. The van der Waals surface area contributed by atoms with Crippen LogP contribution in [-0.4, -0.2) is 40.9 Å². The Balaban J connectivity index is 1.59. The van der Waals surface area contributed by atoms with Crippen LogP contribution in [0.5, 0.6) is 0 Å². The number of para-hydroxylation sites is 1. The second-order valence-electron chi connectivity index (χ2n) is 9.08. The van der Waals surface area contributed by atoms with E-state index in [1.807, 2.05) is 42.5 Å². The number of anilines is 1. The van der Waals surface area contributed by atoms with E-state index in [0.29, 0.717) is 16.9 Å². The molecule has 41 heavy (non-hydrogen) atoms. The third-order valence-corrected chi connectivity index (χ3v) is 6.76. The first-order chi connectivity index (χ1) is 19.8. The molecule has 0 atom stereocenters. The van der Waals surface area contributed by atoms with Crippen molar-refractivity contribution >= 4 is 41.4 Å². The number of nitrogens with one attached hydrogen (secondary N) is 3. The Morgan fingerprint density at radius 3 is 2.29 bits per heavy atom. The smallest absolute Gasteiger partial charge is 0.287 e. The molecule has 0 spiro atoms. The predicted molar refractivity (Wildman–Crippen MR) is 164 cm³/mol. The molecule has 0 aliphatic heterocycles. The van der Waals surface area contributed by atoms with Gasteiger partial charge in [0.1, 0.15) is 5.70 Å². The van der Waals surface area contributed by atoms with Gasteiger partial charge in [0.25, 0.3) is 17.4 Å². The Morgan fingerprint density at radius 2 is 1.63 bits per heavy atom. The SMILES string of the molecule is CCN(CC)c1ccc(C=C(NC(=O)c2ccccc2Cl)C(=O)NN=Cc2c(C)[nH]n(-c3ccccc3)c2=O)cc1. The molecule has 0 aliphatic carbocycles. The van der Waals surface area contributed by atoms with Gasteiger partial charge in [-0.25, -0.2) is 10.1 Å². The first-order valence-corrected chi connectivity index (χ1v) is 13.5. The first-order valence-electron chi connectivity index (χ1n) is 13.1. The number of aromatic amines is 1. The van der Waals surface area contributed by atoms with Crippen molar-refractivity contribution in [2.24, 2.45) is 5.10 Å². The lowest BCUT2D eigenvalue weighted by Gasteiger charge is -2.21. The molecule has 1 aromatic heterocycles. The minimum atomic E-state index is -0.675. The van der Waals surface area contributed by atoms with E-state index in [2.05, 4.69) is 39.7 Å². The Hall–Kier alpha value is -4.89. The summed E-state index contributed by atoms with van der Waals surface area (Å²) < 4.78 is 1.40. The third-order valence-electron chi connectivity index (χ3n) is 6.44. The van der Waals surface area contributed by atoms with Gasteiger partial charge in [0.05, 0.1) is 28.1 Å². The fourth-order valence-electron chi connectivity index (χ4n) is 4.22. The molecule has 0 saturated carbocycles. The Morgan fingerprint density at radius 1 is 0.976 bits per heavy atom. The Kier molecular flexibility index (Phi) is 9.55. The molecule has 0 aliphatic rings. The van der Waals surface area contributed by atoms with Crippen molar-refractivity contribution in [2.75, 3.05) is 18.0 Å². The molecule has 9 nitrogen and oxygen atoms in total. The maximum atomic E-state index is 13.2. The van der Waals surface area contributed by atoms with Crippen LogP contribution in [0.25, 0.3) is 11.8 Å². The fraction of sp³-hybridized carbons (Fsp3) is 0.161. The number of aryl methyl sites for hydroxylation is 1. The van der Waals surface area contributed by atoms with E-state index in [-0.39, 0.29) is 27.4 Å². The zero-order valence-electron chi connectivity index (χ0n) is 23.0. The highest BCUT2D eigenvalue weighted by Gasteiger charge is 2.17. The Bertz CT molecular complexity index is 1630.